The number of carbonyl (C=O) groups is 1. The van der Waals surface area contributed by atoms with Crippen molar-refractivity contribution < 1.29 is 9.21 Å². The first-order chi connectivity index (χ1) is 9.08. The zero-order chi connectivity index (χ0) is 13.8. The second-order valence-corrected chi connectivity index (χ2v) is 4.99. The zero-order valence-corrected chi connectivity index (χ0v) is 11.7. The lowest BCUT2D eigenvalue weighted by atomic mass is 10.2. The molecule has 0 aliphatic carbocycles. The van der Waals surface area contributed by atoms with Crippen LogP contribution in [0.4, 0.5) is 0 Å². The molecule has 4 heteroatoms. The molecule has 0 atom stereocenters. The number of nitrogens with zero attached hydrogens (tertiary/aromatic N) is 1. The molecule has 0 saturated carbocycles. The smallest absolute Gasteiger partial charge is 0.290 e. The number of benzene rings is 1. The molecule has 0 aliphatic heterocycles. The maximum atomic E-state index is 12.4. The summed E-state index contributed by atoms with van der Waals surface area (Å²) in [7, 11) is 0. The van der Waals surface area contributed by atoms with Gasteiger partial charge in [-0.15, -0.1) is 0 Å². The van der Waals surface area contributed by atoms with E-state index < -0.39 is 0 Å². The minimum Gasteiger partial charge on any atom is -0.440 e. The van der Waals surface area contributed by atoms with Gasteiger partial charge in [0.15, 0.2) is 11.0 Å². The van der Waals surface area contributed by atoms with E-state index in [0.29, 0.717) is 6.54 Å². The number of halogens is 1. The maximum Gasteiger partial charge on any atom is 0.290 e. The van der Waals surface area contributed by atoms with Crippen LogP contribution in [0.5, 0.6) is 0 Å². The van der Waals surface area contributed by atoms with Crippen molar-refractivity contribution in [2.24, 2.45) is 0 Å². The largest absolute Gasteiger partial charge is 0.440 e. The highest BCUT2D eigenvalue weighted by atomic mass is 35.5. The van der Waals surface area contributed by atoms with E-state index in [1.165, 1.54) is 0 Å². The molecule has 2 rings (SSSR count). The number of rotatable bonds is 4. The van der Waals surface area contributed by atoms with E-state index in [4.69, 9.17) is 16.0 Å². The van der Waals surface area contributed by atoms with E-state index in [0.717, 1.165) is 5.56 Å². The summed E-state index contributed by atoms with van der Waals surface area (Å²) in [5, 5.41) is 0.228. The number of furan rings is 1. The fourth-order valence-corrected chi connectivity index (χ4v) is 1.99. The van der Waals surface area contributed by atoms with Gasteiger partial charge in [0, 0.05) is 12.6 Å². The van der Waals surface area contributed by atoms with Crippen molar-refractivity contribution in [3.8, 4) is 0 Å². The highest BCUT2D eigenvalue weighted by molar-refractivity contribution is 6.29. The molecule has 3 nitrogen and oxygen atoms in total. The molecule has 0 unspecified atom stereocenters. The maximum absolute atomic E-state index is 12.4. The number of amides is 1. The van der Waals surface area contributed by atoms with Gasteiger partial charge in [-0.1, -0.05) is 30.3 Å². The Hall–Kier alpha value is -1.74. The van der Waals surface area contributed by atoms with Crippen LogP contribution in [0.3, 0.4) is 0 Å². The fourth-order valence-electron chi connectivity index (χ4n) is 1.84. The summed E-state index contributed by atoms with van der Waals surface area (Å²) in [4.78, 5) is 14.1. The number of hydrogen-bond donors (Lipinski definition) is 0. The van der Waals surface area contributed by atoms with Gasteiger partial charge in [-0.3, -0.25) is 4.79 Å². The van der Waals surface area contributed by atoms with Gasteiger partial charge in [0.05, 0.1) is 0 Å². The van der Waals surface area contributed by atoms with E-state index in [9.17, 15) is 4.79 Å². The van der Waals surface area contributed by atoms with E-state index in [1.807, 2.05) is 44.2 Å². The average Bonchev–Trinajstić information content (AvgIpc) is 2.83. The number of hydrogen-bond acceptors (Lipinski definition) is 2. The molecule has 2 aromatic rings. The Morgan fingerprint density at radius 1 is 1.21 bits per heavy atom. The second kappa shape index (κ2) is 5.93. The van der Waals surface area contributed by atoms with Crippen molar-refractivity contribution >= 4 is 17.5 Å². The molecule has 19 heavy (non-hydrogen) atoms. The monoisotopic (exact) mass is 277 g/mol. The topological polar surface area (TPSA) is 33.5 Å². The first-order valence-electron chi connectivity index (χ1n) is 6.18. The highest BCUT2D eigenvalue weighted by Crippen LogP contribution is 2.18. The van der Waals surface area contributed by atoms with Crippen LogP contribution in [0.25, 0.3) is 0 Å². The summed E-state index contributed by atoms with van der Waals surface area (Å²) in [6, 6.07) is 13.1. The molecule has 1 aromatic carbocycles. The van der Waals surface area contributed by atoms with E-state index in [1.54, 1.807) is 17.0 Å². The van der Waals surface area contributed by atoms with Crippen LogP contribution in [-0.2, 0) is 6.54 Å². The molecular formula is C15H16ClNO2. The SMILES string of the molecule is CC(C)N(Cc1ccccc1)C(=O)c1ccc(Cl)o1. The van der Waals surface area contributed by atoms with Crippen molar-refractivity contribution in [2.45, 2.75) is 26.4 Å². The van der Waals surface area contributed by atoms with E-state index >= 15 is 0 Å². The lowest BCUT2D eigenvalue weighted by Gasteiger charge is -2.25. The zero-order valence-electron chi connectivity index (χ0n) is 11.0. The van der Waals surface area contributed by atoms with Crippen LogP contribution in [0.1, 0.15) is 30.0 Å². The fraction of sp³-hybridized carbons (Fsp3) is 0.267. The number of carbonyl (C=O) groups excluding carboxylic acids is 1. The Kier molecular flexibility index (Phi) is 4.27. The molecule has 0 bridgehead atoms. The van der Waals surface area contributed by atoms with Gasteiger partial charge in [-0.2, -0.15) is 0 Å². The van der Waals surface area contributed by atoms with Gasteiger partial charge in [-0.25, -0.2) is 0 Å². The van der Waals surface area contributed by atoms with E-state index in [-0.39, 0.29) is 22.9 Å². The molecule has 1 heterocycles. The summed E-state index contributed by atoms with van der Waals surface area (Å²) < 4.78 is 5.19. The molecule has 100 valence electrons. The minimum atomic E-state index is -0.147. The lowest BCUT2D eigenvalue weighted by molar-refractivity contribution is 0.0657. The summed E-state index contributed by atoms with van der Waals surface area (Å²) in [5.41, 5.74) is 1.09. The van der Waals surface area contributed by atoms with Gasteiger partial charge in [-0.05, 0) is 43.1 Å². The standard InChI is InChI=1S/C15H16ClNO2/c1-11(2)17(10-12-6-4-3-5-7-12)15(18)13-8-9-14(16)19-13/h3-9,11H,10H2,1-2H3. The predicted molar refractivity (Wildman–Crippen MR) is 75.2 cm³/mol. The molecular weight excluding hydrogens is 262 g/mol. The average molecular weight is 278 g/mol. The molecule has 1 aromatic heterocycles. The summed E-state index contributed by atoms with van der Waals surface area (Å²) in [6.45, 7) is 4.51. The molecule has 0 aliphatic rings. The first-order valence-corrected chi connectivity index (χ1v) is 6.56. The Morgan fingerprint density at radius 3 is 2.42 bits per heavy atom. The minimum absolute atomic E-state index is 0.0802. The quantitative estimate of drug-likeness (QED) is 0.847. The van der Waals surface area contributed by atoms with Gasteiger partial charge in [0.2, 0.25) is 0 Å². The Bertz CT molecular complexity index is 548. The van der Waals surface area contributed by atoms with Crippen molar-refractivity contribution in [3.63, 3.8) is 0 Å². The Labute approximate surface area is 117 Å². The van der Waals surface area contributed by atoms with Crippen LogP contribution in [-0.4, -0.2) is 16.8 Å². The predicted octanol–water partition coefficient (Wildman–Crippen LogP) is 3.98. The Morgan fingerprint density at radius 2 is 1.89 bits per heavy atom. The van der Waals surface area contributed by atoms with Gasteiger partial charge in [0.1, 0.15) is 0 Å². The summed E-state index contributed by atoms with van der Waals surface area (Å²) >= 11 is 5.71. The second-order valence-electron chi connectivity index (χ2n) is 4.62. The summed E-state index contributed by atoms with van der Waals surface area (Å²) in [5.74, 6) is 0.125. The van der Waals surface area contributed by atoms with Crippen LogP contribution >= 0.6 is 11.6 Å². The van der Waals surface area contributed by atoms with E-state index in [2.05, 4.69) is 0 Å². The van der Waals surface area contributed by atoms with Crippen LogP contribution < -0.4 is 0 Å². The Balaban J connectivity index is 2.19. The van der Waals surface area contributed by atoms with Gasteiger partial charge in [0.25, 0.3) is 5.91 Å². The third kappa shape index (κ3) is 3.38. The molecule has 0 fully saturated rings. The van der Waals surface area contributed by atoms with Crippen molar-refractivity contribution in [3.05, 3.63) is 59.0 Å². The summed E-state index contributed by atoms with van der Waals surface area (Å²) in [6.07, 6.45) is 0. The third-order valence-corrected chi connectivity index (χ3v) is 3.07. The normalized spacial score (nSPS) is 10.7. The lowest BCUT2D eigenvalue weighted by Crippen LogP contribution is -2.36. The highest BCUT2D eigenvalue weighted by Gasteiger charge is 2.21. The molecule has 0 N–H and O–H groups in total. The van der Waals surface area contributed by atoms with Gasteiger partial charge >= 0.3 is 0 Å². The van der Waals surface area contributed by atoms with Crippen molar-refractivity contribution in [2.75, 3.05) is 0 Å². The van der Waals surface area contributed by atoms with Crippen molar-refractivity contribution in [1.82, 2.24) is 4.90 Å². The van der Waals surface area contributed by atoms with Gasteiger partial charge < -0.3 is 9.32 Å². The molecule has 0 saturated heterocycles. The molecule has 0 radical (unpaired) electrons. The third-order valence-electron chi connectivity index (χ3n) is 2.86. The van der Waals surface area contributed by atoms with Crippen molar-refractivity contribution in [1.29, 1.82) is 0 Å². The first kappa shape index (κ1) is 13.7. The van der Waals surface area contributed by atoms with Crippen LogP contribution in [0.15, 0.2) is 46.9 Å². The molecule has 1 amide bonds. The van der Waals surface area contributed by atoms with Crippen LogP contribution in [0, 0.1) is 0 Å². The van der Waals surface area contributed by atoms with Crippen LogP contribution in [0.2, 0.25) is 5.22 Å². The molecule has 0 spiro atoms.